The van der Waals surface area contributed by atoms with E-state index in [1.807, 2.05) is 7.05 Å². The van der Waals surface area contributed by atoms with Gasteiger partial charge in [0, 0.05) is 12.1 Å². The molecule has 4 heteroatoms. The highest BCUT2D eigenvalue weighted by atomic mass is 16.5. The van der Waals surface area contributed by atoms with Crippen LogP contribution in [-0.4, -0.2) is 11.1 Å². The lowest BCUT2D eigenvalue weighted by Crippen LogP contribution is -2.27. The molecule has 1 aromatic heterocycles. The minimum absolute atomic E-state index is 0.436. The fourth-order valence-corrected chi connectivity index (χ4v) is 0.717. The van der Waals surface area contributed by atoms with E-state index in [2.05, 4.69) is 0 Å². The van der Waals surface area contributed by atoms with Crippen LogP contribution >= 0.6 is 0 Å². The SMILES string of the molecule is C[n+]1ccc(C(=O)NO)cc1. The van der Waals surface area contributed by atoms with E-state index in [0.717, 1.165) is 0 Å². The predicted octanol–water partition coefficient (Wildman–Crippen LogP) is -0.370. The lowest BCUT2D eigenvalue weighted by atomic mass is 10.2. The van der Waals surface area contributed by atoms with E-state index in [1.54, 1.807) is 34.6 Å². The van der Waals surface area contributed by atoms with Crippen LogP contribution in [0.2, 0.25) is 0 Å². The third kappa shape index (κ3) is 1.75. The average molecular weight is 153 g/mol. The van der Waals surface area contributed by atoms with Gasteiger partial charge >= 0.3 is 0 Å². The largest absolute Gasteiger partial charge is 0.288 e. The lowest BCUT2D eigenvalue weighted by molar-refractivity contribution is -0.671. The summed E-state index contributed by atoms with van der Waals surface area (Å²) in [4.78, 5) is 10.8. The van der Waals surface area contributed by atoms with Crippen LogP contribution in [0.15, 0.2) is 24.5 Å². The second-order valence-electron chi connectivity index (χ2n) is 2.19. The van der Waals surface area contributed by atoms with Crippen LogP contribution in [0.25, 0.3) is 0 Å². The molecule has 4 nitrogen and oxygen atoms in total. The lowest BCUT2D eigenvalue weighted by Gasteiger charge is -1.94. The molecule has 1 rings (SSSR count). The molecule has 0 spiro atoms. The molecule has 0 saturated carbocycles. The summed E-state index contributed by atoms with van der Waals surface area (Å²) in [7, 11) is 1.85. The van der Waals surface area contributed by atoms with Crippen LogP contribution in [0.5, 0.6) is 0 Å². The summed E-state index contributed by atoms with van der Waals surface area (Å²) in [6.45, 7) is 0. The number of rotatable bonds is 1. The van der Waals surface area contributed by atoms with E-state index in [1.165, 1.54) is 0 Å². The van der Waals surface area contributed by atoms with Crippen molar-refractivity contribution in [1.82, 2.24) is 5.48 Å². The molecule has 0 aromatic carbocycles. The summed E-state index contributed by atoms with van der Waals surface area (Å²) in [5.41, 5.74) is 1.99. The van der Waals surface area contributed by atoms with Gasteiger partial charge in [-0.3, -0.25) is 10.0 Å². The highest BCUT2D eigenvalue weighted by Crippen LogP contribution is 1.92. The standard InChI is InChI=1S/C7H8N2O2/c1-9-4-2-6(3-5-9)7(10)8-11/h2-5H,1H3,(H-,8,10,11)/p+1. The zero-order chi connectivity index (χ0) is 8.27. The second-order valence-corrected chi connectivity index (χ2v) is 2.19. The second kappa shape index (κ2) is 3.12. The van der Waals surface area contributed by atoms with Crippen LogP contribution in [0, 0.1) is 0 Å². The molecule has 1 amide bonds. The fraction of sp³-hybridized carbons (Fsp3) is 0.143. The zero-order valence-electron chi connectivity index (χ0n) is 6.11. The van der Waals surface area contributed by atoms with Crippen LogP contribution in [0.1, 0.15) is 10.4 Å². The van der Waals surface area contributed by atoms with Gasteiger partial charge in [-0.2, -0.15) is 0 Å². The summed E-state index contributed by atoms with van der Waals surface area (Å²) in [5.74, 6) is -0.495. The van der Waals surface area contributed by atoms with Crippen molar-refractivity contribution in [3.05, 3.63) is 30.1 Å². The van der Waals surface area contributed by atoms with Gasteiger partial charge in [0.1, 0.15) is 7.05 Å². The number of hydrogen-bond acceptors (Lipinski definition) is 2. The average Bonchev–Trinajstić information content (AvgIpc) is 2.05. The molecule has 0 aliphatic carbocycles. The molecule has 0 atom stereocenters. The van der Waals surface area contributed by atoms with Crippen LogP contribution < -0.4 is 10.0 Å². The van der Waals surface area contributed by atoms with Gasteiger partial charge in [-0.15, -0.1) is 0 Å². The van der Waals surface area contributed by atoms with E-state index < -0.39 is 5.91 Å². The summed E-state index contributed by atoms with van der Waals surface area (Å²) in [6.07, 6.45) is 3.45. The number of aromatic nitrogens is 1. The Hall–Kier alpha value is -1.42. The highest BCUT2D eigenvalue weighted by Gasteiger charge is 2.03. The summed E-state index contributed by atoms with van der Waals surface area (Å²) in [5, 5.41) is 8.25. The molecule has 0 bridgehead atoms. The molecule has 1 heterocycles. The van der Waals surface area contributed by atoms with Crippen LogP contribution in [0.4, 0.5) is 0 Å². The maximum absolute atomic E-state index is 10.8. The molecule has 1 aromatic rings. The van der Waals surface area contributed by atoms with E-state index >= 15 is 0 Å². The molecule has 0 saturated heterocycles. The Morgan fingerprint density at radius 3 is 2.55 bits per heavy atom. The Bertz CT molecular complexity index is 256. The molecule has 0 aliphatic rings. The quantitative estimate of drug-likeness (QED) is 0.328. The van der Waals surface area contributed by atoms with E-state index in [9.17, 15) is 4.79 Å². The van der Waals surface area contributed by atoms with E-state index in [-0.39, 0.29) is 0 Å². The van der Waals surface area contributed by atoms with Crippen molar-refractivity contribution in [2.45, 2.75) is 0 Å². The van der Waals surface area contributed by atoms with E-state index in [0.29, 0.717) is 5.56 Å². The molecule has 0 radical (unpaired) electrons. The summed E-state index contributed by atoms with van der Waals surface area (Å²) >= 11 is 0. The topological polar surface area (TPSA) is 53.2 Å². The zero-order valence-corrected chi connectivity index (χ0v) is 6.11. The normalized spacial score (nSPS) is 9.27. The van der Waals surface area contributed by atoms with Crippen molar-refractivity contribution >= 4 is 5.91 Å². The molecular weight excluding hydrogens is 144 g/mol. The van der Waals surface area contributed by atoms with Crippen molar-refractivity contribution in [2.75, 3.05) is 0 Å². The van der Waals surface area contributed by atoms with Crippen molar-refractivity contribution in [3.63, 3.8) is 0 Å². The first-order chi connectivity index (χ1) is 5.24. The molecule has 0 fully saturated rings. The van der Waals surface area contributed by atoms with Gasteiger partial charge in [0.25, 0.3) is 5.91 Å². The first kappa shape index (κ1) is 7.68. The number of nitrogens with zero attached hydrogens (tertiary/aromatic N) is 1. The number of nitrogens with one attached hydrogen (secondary N) is 1. The number of carbonyl (C=O) groups excluding carboxylic acids is 1. The molecule has 0 unspecified atom stereocenters. The summed E-state index contributed by atoms with van der Waals surface area (Å²) in [6, 6.07) is 3.23. The summed E-state index contributed by atoms with van der Waals surface area (Å²) < 4.78 is 1.80. The number of hydroxylamine groups is 1. The third-order valence-corrected chi connectivity index (χ3v) is 1.34. The molecule has 2 N–H and O–H groups in total. The van der Waals surface area contributed by atoms with Crippen LogP contribution in [-0.2, 0) is 7.05 Å². The van der Waals surface area contributed by atoms with Gasteiger partial charge in [0.05, 0.1) is 5.56 Å². The Balaban J connectivity index is 2.90. The first-order valence-corrected chi connectivity index (χ1v) is 3.14. The molecular formula is C7H9N2O2+. The number of pyridine rings is 1. The maximum atomic E-state index is 10.8. The molecule has 11 heavy (non-hydrogen) atoms. The number of aryl methyl sites for hydroxylation is 1. The fourth-order valence-electron chi connectivity index (χ4n) is 0.717. The Morgan fingerprint density at radius 2 is 2.09 bits per heavy atom. The minimum atomic E-state index is -0.495. The van der Waals surface area contributed by atoms with Crippen molar-refractivity contribution in [1.29, 1.82) is 0 Å². The van der Waals surface area contributed by atoms with Crippen molar-refractivity contribution < 1.29 is 14.6 Å². The first-order valence-electron chi connectivity index (χ1n) is 3.14. The number of carbonyl (C=O) groups is 1. The van der Waals surface area contributed by atoms with Gasteiger partial charge in [0.15, 0.2) is 12.4 Å². The number of amides is 1. The third-order valence-electron chi connectivity index (χ3n) is 1.34. The predicted molar refractivity (Wildman–Crippen MR) is 36.9 cm³/mol. The maximum Gasteiger partial charge on any atom is 0.275 e. The van der Waals surface area contributed by atoms with Crippen molar-refractivity contribution in [3.8, 4) is 0 Å². The molecule has 58 valence electrons. The highest BCUT2D eigenvalue weighted by molar-refractivity contribution is 5.92. The molecule has 0 aliphatic heterocycles. The Morgan fingerprint density at radius 1 is 1.55 bits per heavy atom. The van der Waals surface area contributed by atoms with E-state index in [4.69, 9.17) is 5.21 Å². The minimum Gasteiger partial charge on any atom is -0.288 e. The van der Waals surface area contributed by atoms with Gasteiger partial charge < -0.3 is 0 Å². The van der Waals surface area contributed by atoms with Gasteiger partial charge in [-0.25, -0.2) is 10.0 Å². The Labute approximate surface area is 64.1 Å². The van der Waals surface area contributed by atoms with Crippen molar-refractivity contribution in [2.24, 2.45) is 7.05 Å². The van der Waals surface area contributed by atoms with Crippen LogP contribution in [0.3, 0.4) is 0 Å². The van der Waals surface area contributed by atoms with Gasteiger partial charge in [0.2, 0.25) is 0 Å². The Kier molecular flexibility index (Phi) is 2.18. The smallest absolute Gasteiger partial charge is 0.275 e. The number of hydrogen-bond donors (Lipinski definition) is 2. The monoisotopic (exact) mass is 153 g/mol. The van der Waals surface area contributed by atoms with Gasteiger partial charge in [-0.05, 0) is 0 Å². The van der Waals surface area contributed by atoms with Gasteiger partial charge in [-0.1, -0.05) is 0 Å².